The summed E-state index contributed by atoms with van der Waals surface area (Å²) in [5.74, 6) is -0.659. The normalized spacial score (nSPS) is 23.2. The first-order chi connectivity index (χ1) is 6.77. The smallest absolute Gasteiger partial charge is 0.304 e. The highest BCUT2D eigenvalue weighted by Crippen LogP contribution is 2.34. The summed E-state index contributed by atoms with van der Waals surface area (Å²) in [7, 11) is 0. The maximum absolute atomic E-state index is 10.5. The number of nitrogens with zero attached hydrogens (tertiary/aromatic N) is 1. The van der Waals surface area contributed by atoms with Gasteiger partial charge in [0.05, 0.1) is 6.42 Å². The highest BCUT2D eigenvalue weighted by molar-refractivity contribution is 5.66. The molecule has 0 heterocycles. The molecular weight excluding hydrogens is 178 g/mol. The molecule has 0 bridgehead atoms. The van der Waals surface area contributed by atoms with E-state index in [-0.39, 0.29) is 0 Å². The molecule has 0 saturated heterocycles. The van der Waals surface area contributed by atoms with Crippen LogP contribution in [0.3, 0.4) is 0 Å². The summed E-state index contributed by atoms with van der Waals surface area (Å²) in [5.41, 5.74) is 0. The van der Waals surface area contributed by atoms with Gasteiger partial charge >= 0.3 is 5.97 Å². The highest BCUT2D eigenvalue weighted by Gasteiger charge is 2.34. The summed E-state index contributed by atoms with van der Waals surface area (Å²) in [4.78, 5) is 13.0. The largest absolute Gasteiger partial charge is 0.481 e. The van der Waals surface area contributed by atoms with Crippen LogP contribution in [0.15, 0.2) is 0 Å². The van der Waals surface area contributed by atoms with Crippen molar-refractivity contribution in [2.75, 3.05) is 6.54 Å². The summed E-state index contributed by atoms with van der Waals surface area (Å²) >= 11 is 0. The minimum absolute atomic E-state index is 0.312. The van der Waals surface area contributed by atoms with Crippen LogP contribution in [-0.2, 0) is 4.79 Å². The Balaban J connectivity index is 1.83. The van der Waals surface area contributed by atoms with Gasteiger partial charge in [0.15, 0.2) is 0 Å². The number of hydrogen-bond acceptors (Lipinski definition) is 2. The lowest BCUT2D eigenvalue weighted by Gasteiger charge is -2.28. The monoisotopic (exact) mass is 197 g/mol. The Morgan fingerprint density at radius 1 is 1.14 bits per heavy atom. The minimum Gasteiger partial charge on any atom is -0.481 e. The maximum atomic E-state index is 10.5. The van der Waals surface area contributed by atoms with Gasteiger partial charge in [-0.3, -0.25) is 9.69 Å². The second kappa shape index (κ2) is 4.30. The maximum Gasteiger partial charge on any atom is 0.304 e. The van der Waals surface area contributed by atoms with Crippen molar-refractivity contribution in [3.8, 4) is 0 Å². The van der Waals surface area contributed by atoms with E-state index in [1.807, 2.05) is 0 Å². The number of aliphatic carboxylic acids is 1. The van der Waals surface area contributed by atoms with Gasteiger partial charge < -0.3 is 5.11 Å². The first kappa shape index (κ1) is 9.97. The van der Waals surface area contributed by atoms with Crippen molar-refractivity contribution in [2.45, 2.75) is 57.0 Å². The van der Waals surface area contributed by atoms with Crippen LogP contribution in [0.4, 0.5) is 0 Å². The minimum atomic E-state index is -0.659. The van der Waals surface area contributed by atoms with Crippen LogP contribution >= 0.6 is 0 Å². The SMILES string of the molecule is O=C(O)CCN(C1CCCC1)C1CC1. The van der Waals surface area contributed by atoms with Gasteiger partial charge in [0.2, 0.25) is 0 Å². The molecule has 0 unspecified atom stereocenters. The lowest BCUT2D eigenvalue weighted by molar-refractivity contribution is -0.137. The number of rotatable bonds is 5. The van der Waals surface area contributed by atoms with Gasteiger partial charge in [-0.25, -0.2) is 0 Å². The first-order valence-corrected chi connectivity index (χ1v) is 5.75. The lowest BCUT2D eigenvalue weighted by atomic mass is 10.2. The van der Waals surface area contributed by atoms with Gasteiger partial charge in [0, 0.05) is 18.6 Å². The number of hydrogen-bond donors (Lipinski definition) is 1. The van der Waals surface area contributed by atoms with Crippen LogP contribution < -0.4 is 0 Å². The van der Waals surface area contributed by atoms with E-state index in [0.29, 0.717) is 12.5 Å². The molecule has 3 nitrogen and oxygen atoms in total. The van der Waals surface area contributed by atoms with Gasteiger partial charge in [-0.2, -0.15) is 0 Å². The third-order valence-electron chi connectivity index (χ3n) is 3.39. The third kappa shape index (κ3) is 2.47. The van der Waals surface area contributed by atoms with Crippen molar-refractivity contribution in [3.05, 3.63) is 0 Å². The Labute approximate surface area is 85.1 Å². The van der Waals surface area contributed by atoms with Crippen molar-refractivity contribution in [3.63, 3.8) is 0 Å². The fourth-order valence-electron chi connectivity index (χ4n) is 2.53. The van der Waals surface area contributed by atoms with Crippen LogP contribution in [0.1, 0.15) is 44.9 Å². The average molecular weight is 197 g/mol. The Kier molecular flexibility index (Phi) is 3.06. The molecule has 2 fully saturated rings. The van der Waals surface area contributed by atoms with Gasteiger partial charge in [0.1, 0.15) is 0 Å². The summed E-state index contributed by atoms with van der Waals surface area (Å²) in [6, 6.07) is 1.42. The van der Waals surface area contributed by atoms with Crippen molar-refractivity contribution < 1.29 is 9.90 Å². The van der Waals surface area contributed by atoms with E-state index >= 15 is 0 Å². The molecular formula is C11H19NO2. The Morgan fingerprint density at radius 3 is 2.21 bits per heavy atom. The Hall–Kier alpha value is -0.570. The van der Waals surface area contributed by atoms with Crippen LogP contribution in [-0.4, -0.2) is 34.6 Å². The van der Waals surface area contributed by atoms with Gasteiger partial charge in [-0.1, -0.05) is 12.8 Å². The molecule has 14 heavy (non-hydrogen) atoms. The standard InChI is InChI=1S/C11H19NO2/c13-11(14)7-8-12(10-5-6-10)9-3-1-2-4-9/h9-10H,1-8H2,(H,13,14). The highest BCUT2D eigenvalue weighted by atomic mass is 16.4. The Morgan fingerprint density at radius 2 is 1.71 bits per heavy atom. The zero-order valence-corrected chi connectivity index (χ0v) is 8.61. The van der Waals surface area contributed by atoms with Gasteiger partial charge in [-0.15, -0.1) is 0 Å². The summed E-state index contributed by atoms with van der Waals surface area (Å²) in [6.45, 7) is 0.769. The van der Waals surface area contributed by atoms with E-state index in [2.05, 4.69) is 4.90 Å². The predicted octanol–water partition coefficient (Wildman–Crippen LogP) is 1.87. The van der Waals surface area contributed by atoms with Crippen LogP contribution in [0, 0.1) is 0 Å². The van der Waals surface area contributed by atoms with E-state index in [0.717, 1.165) is 12.6 Å². The molecule has 0 atom stereocenters. The second-order valence-electron chi connectivity index (χ2n) is 4.55. The molecule has 0 amide bonds. The van der Waals surface area contributed by atoms with Gasteiger partial charge in [-0.05, 0) is 25.7 Å². The first-order valence-electron chi connectivity index (χ1n) is 5.75. The molecule has 2 rings (SSSR count). The summed E-state index contributed by atoms with van der Waals surface area (Å²) < 4.78 is 0. The summed E-state index contributed by atoms with van der Waals surface area (Å²) in [6.07, 6.45) is 8.13. The molecule has 0 spiro atoms. The van der Waals surface area contributed by atoms with E-state index in [4.69, 9.17) is 5.11 Å². The topological polar surface area (TPSA) is 40.5 Å². The van der Waals surface area contributed by atoms with Crippen molar-refractivity contribution in [2.24, 2.45) is 0 Å². The fourth-order valence-corrected chi connectivity index (χ4v) is 2.53. The van der Waals surface area contributed by atoms with Gasteiger partial charge in [0.25, 0.3) is 0 Å². The fraction of sp³-hybridized carbons (Fsp3) is 0.909. The Bertz CT molecular complexity index is 207. The molecule has 0 aromatic rings. The predicted molar refractivity (Wildman–Crippen MR) is 54.2 cm³/mol. The molecule has 0 aliphatic heterocycles. The van der Waals surface area contributed by atoms with Crippen molar-refractivity contribution in [1.82, 2.24) is 4.90 Å². The number of carboxylic acid groups (broad SMARTS) is 1. The average Bonchev–Trinajstić information content (AvgIpc) is 2.81. The summed E-state index contributed by atoms with van der Waals surface area (Å²) in [5, 5.41) is 8.68. The molecule has 2 aliphatic carbocycles. The van der Waals surface area contributed by atoms with Crippen LogP contribution in [0.2, 0.25) is 0 Å². The van der Waals surface area contributed by atoms with Crippen molar-refractivity contribution in [1.29, 1.82) is 0 Å². The molecule has 3 heteroatoms. The second-order valence-corrected chi connectivity index (χ2v) is 4.55. The molecule has 2 aliphatic rings. The van der Waals surface area contributed by atoms with E-state index in [1.54, 1.807) is 0 Å². The van der Waals surface area contributed by atoms with E-state index in [1.165, 1.54) is 38.5 Å². The molecule has 0 aromatic carbocycles. The number of carbonyl (C=O) groups is 1. The van der Waals surface area contributed by atoms with Crippen LogP contribution in [0.5, 0.6) is 0 Å². The van der Waals surface area contributed by atoms with Crippen LogP contribution in [0.25, 0.3) is 0 Å². The zero-order valence-electron chi connectivity index (χ0n) is 8.61. The van der Waals surface area contributed by atoms with E-state index < -0.39 is 5.97 Å². The molecule has 1 N–H and O–H groups in total. The molecule has 80 valence electrons. The molecule has 2 saturated carbocycles. The lowest BCUT2D eigenvalue weighted by Crippen LogP contribution is -2.36. The molecule has 0 aromatic heterocycles. The third-order valence-corrected chi connectivity index (χ3v) is 3.39. The van der Waals surface area contributed by atoms with Crippen molar-refractivity contribution >= 4 is 5.97 Å². The number of carboxylic acids is 1. The zero-order chi connectivity index (χ0) is 9.97. The quantitative estimate of drug-likeness (QED) is 0.731. The molecule has 0 radical (unpaired) electrons. The van der Waals surface area contributed by atoms with E-state index in [9.17, 15) is 4.79 Å².